The zero-order chi connectivity index (χ0) is 19.8. The van der Waals surface area contributed by atoms with Crippen LogP contribution in [-0.2, 0) is 11.8 Å². The molecule has 1 fully saturated rings. The predicted octanol–water partition coefficient (Wildman–Crippen LogP) is 2.68. The van der Waals surface area contributed by atoms with Crippen LogP contribution in [0.2, 0.25) is 0 Å². The predicted molar refractivity (Wildman–Crippen MR) is 106 cm³/mol. The number of carbonyl (C=O) groups is 1. The second kappa shape index (κ2) is 7.36. The van der Waals surface area contributed by atoms with Crippen molar-refractivity contribution in [1.82, 2.24) is 19.1 Å². The van der Waals surface area contributed by atoms with Crippen LogP contribution in [0, 0.1) is 6.92 Å². The van der Waals surface area contributed by atoms with E-state index in [0.29, 0.717) is 36.0 Å². The maximum absolute atomic E-state index is 12.8. The third kappa shape index (κ3) is 3.29. The van der Waals surface area contributed by atoms with Crippen molar-refractivity contribution in [2.24, 2.45) is 7.05 Å². The van der Waals surface area contributed by atoms with Crippen LogP contribution in [0.4, 0.5) is 11.6 Å². The number of ether oxygens (including phenoxy) is 1. The van der Waals surface area contributed by atoms with Crippen molar-refractivity contribution in [3.63, 3.8) is 0 Å². The Morgan fingerprint density at radius 3 is 2.96 bits per heavy atom. The summed E-state index contributed by atoms with van der Waals surface area (Å²) in [5.41, 5.74) is 1.76. The Bertz CT molecular complexity index is 1090. The van der Waals surface area contributed by atoms with Gasteiger partial charge in [0, 0.05) is 31.2 Å². The van der Waals surface area contributed by atoms with Crippen LogP contribution in [0.15, 0.2) is 17.1 Å². The number of nitrogens with one attached hydrogen (secondary N) is 1. The number of hydrogen-bond acceptors (Lipinski definition) is 7. The lowest BCUT2D eigenvalue weighted by atomic mass is 10.1. The molecule has 1 aliphatic heterocycles. The molecule has 0 saturated carbocycles. The Morgan fingerprint density at radius 2 is 2.21 bits per heavy atom. The SMILES string of the molecule is Cc1sc(C(=O)O)cc1Nc1ncc2c(n1)n(C1CCCOCC1)c(=O)n2C. The molecule has 148 valence electrons. The lowest BCUT2D eigenvalue weighted by Crippen LogP contribution is -2.26. The monoisotopic (exact) mass is 403 g/mol. The third-order valence-corrected chi connectivity index (χ3v) is 6.03. The summed E-state index contributed by atoms with van der Waals surface area (Å²) in [4.78, 5) is 34.0. The van der Waals surface area contributed by atoms with Gasteiger partial charge in [-0.05, 0) is 32.3 Å². The van der Waals surface area contributed by atoms with Gasteiger partial charge in [0.1, 0.15) is 10.4 Å². The molecule has 0 bridgehead atoms. The number of thiophene rings is 1. The molecule has 1 aliphatic rings. The summed E-state index contributed by atoms with van der Waals surface area (Å²) in [6.45, 7) is 3.17. The first kappa shape index (κ1) is 18.6. The molecule has 1 unspecified atom stereocenters. The highest BCUT2D eigenvalue weighted by Gasteiger charge is 2.22. The molecule has 10 heteroatoms. The highest BCUT2D eigenvalue weighted by Crippen LogP contribution is 2.29. The molecule has 0 aromatic carbocycles. The maximum Gasteiger partial charge on any atom is 0.345 e. The molecule has 4 heterocycles. The Balaban J connectivity index is 1.75. The molecule has 0 amide bonds. The Morgan fingerprint density at radius 1 is 1.39 bits per heavy atom. The number of fused-ring (bicyclic) bond motifs is 1. The number of aromatic carboxylic acids is 1. The van der Waals surface area contributed by atoms with E-state index in [4.69, 9.17) is 9.84 Å². The second-order valence-electron chi connectivity index (χ2n) is 6.82. The van der Waals surface area contributed by atoms with E-state index in [9.17, 15) is 9.59 Å². The lowest BCUT2D eigenvalue weighted by molar-refractivity contribution is 0.0702. The van der Waals surface area contributed by atoms with Gasteiger partial charge in [-0.25, -0.2) is 14.6 Å². The first-order chi connectivity index (χ1) is 13.5. The Hall–Kier alpha value is -2.72. The highest BCUT2D eigenvalue weighted by molar-refractivity contribution is 7.14. The van der Waals surface area contributed by atoms with Crippen molar-refractivity contribution in [1.29, 1.82) is 0 Å². The topological polar surface area (TPSA) is 111 Å². The fraction of sp³-hybridized carbons (Fsp3) is 0.444. The number of carboxylic acids is 1. The molecule has 0 spiro atoms. The molecule has 1 saturated heterocycles. The average Bonchev–Trinajstić information content (AvgIpc) is 3.00. The van der Waals surface area contributed by atoms with E-state index in [1.807, 2.05) is 6.92 Å². The lowest BCUT2D eigenvalue weighted by Gasteiger charge is -2.15. The standard InChI is InChI=1S/C18H21N5O4S/c1-10-12(8-14(28-10)16(24)25)20-17-19-9-13-15(21-17)23(18(26)22(13)2)11-4-3-6-27-7-5-11/h8-9,11H,3-7H2,1-2H3,(H,24,25)(H,19,20,21). The summed E-state index contributed by atoms with van der Waals surface area (Å²) < 4.78 is 8.82. The van der Waals surface area contributed by atoms with Crippen molar-refractivity contribution in [3.05, 3.63) is 32.5 Å². The van der Waals surface area contributed by atoms with Crippen molar-refractivity contribution in [2.75, 3.05) is 18.5 Å². The van der Waals surface area contributed by atoms with Gasteiger partial charge in [0.15, 0.2) is 5.65 Å². The van der Waals surface area contributed by atoms with E-state index in [0.717, 1.165) is 24.1 Å². The van der Waals surface area contributed by atoms with Crippen LogP contribution in [-0.4, -0.2) is 43.4 Å². The fourth-order valence-electron chi connectivity index (χ4n) is 3.50. The van der Waals surface area contributed by atoms with E-state index >= 15 is 0 Å². The quantitative estimate of drug-likeness (QED) is 0.689. The molecule has 28 heavy (non-hydrogen) atoms. The van der Waals surface area contributed by atoms with Crippen molar-refractivity contribution >= 4 is 40.1 Å². The summed E-state index contributed by atoms with van der Waals surface area (Å²) >= 11 is 1.19. The van der Waals surface area contributed by atoms with Crippen LogP contribution in [0.25, 0.3) is 11.2 Å². The Kier molecular flexibility index (Phi) is 4.90. The van der Waals surface area contributed by atoms with Gasteiger partial charge < -0.3 is 15.2 Å². The van der Waals surface area contributed by atoms with E-state index in [1.165, 1.54) is 11.3 Å². The average molecular weight is 403 g/mol. The Labute approximate surface area is 164 Å². The molecular weight excluding hydrogens is 382 g/mol. The fourth-order valence-corrected chi connectivity index (χ4v) is 4.32. The smallest absolute Gasteiger partial charge is 0.345 e. The van der Waals surface area contributed by atoms with Gasteiger partial charge >= 0.3 is 11.7 Å². The number of aryl methyl sites for hydroxylation is 2. The van der Waals surface area contributed by atoms with Gasteiger partial charge in [-0.3, -0.25) is 9.13 Å². The molecule has 0 aliphatic carbocycles. The number of anilines is 2. The van der Waals surface area contributed by atoms with Gasteiger partial charge in [0.25, 0.3) is 0 Å². The van der Waals surface area contributed by atoms with Gasteiger partial charge in [-0.2, -0.15) is 4.98 Å². The number of hydrogen-bond donors (Lipinski definition) is 2. The zero-order valence-corrected chi connectivity index (χ0v) is 16.5. The summed E-state index contributed by atoms with van der Waals surface area (Å²) in [6.07, 6.45) is 4.14. The van der Waals surface area contributed by atoms with Gasteiger partial charge in [-0.1, -0.05) is 0 Å². The van der Waals surface area contributed by atoms with Gasteiger partial charge in [0.2, 0.25) is 5.95 Å². The minimum Gasteiger partial charge on any atom is -0.477 e. The van der Waals surface area contributed by atoms with Crippen LogP contribution < -0.4 is 11.0 Å². The van der Waals surface area contributed by atoms with Gasteiger partial charge in [-0.15, -0.1) is 11.3 Å². The zero-order valence-electron chi connectivity index (χ0n) is 15.6. The van der Waals surface area contributed by atoms with E-state index in [2.05, 4.69) is 15.3 Å². The van der Waals surface area contributed by atoms with E-state index in [-0.39, 0.29) is 16.6 Å². The molecule has 3 aromatic rings. The summed E-state index contributed by atoms with van der Waals surface area (Å²) in [5, 5.41) is 12.3. The molecule has 1 atom stereocenters. The van der Waals surface area contributed by atoms with Crippen molar-refractivity contribution in [3.8, 4) is 0 Å². The molecular formula is C18H21N5O4S. The molecule has 9 nitrogen and oxygen atoms in total. The van der Waals surface area contributed by atoms with Crippen molar-refractivity contribution < 1.29 is 14.6 Å². The molecule has 4 rings (SSSR count). The van der Waals surface area contributed by atoms with Crippen LogP contribution in [0.5, 0.6) is 0 Å². The third-order valence-electron chi connectivity index (χ3n) is 4.99. The van der Waals surface area contributed by atoms with Gasteiger partial charge in [0.05, 0.1) is 11.9 Å². The summed E-state index contributed by atoms with van der Waals surface area (Å²) in [6, 6.07) is 1.60. The van der Waals surface area contributed by atoms with Crippen LogP contribution in [0.3, 0.4) is 0 Å². The van der Waals surface area contributed by atoms with E-state index in [1.54, 1.807) is 28.4 Å². The molecule has 2 N–H and O–H groups in total. The minimum atomic E-state index is -0.968. The van der Waals surface area contributed by atoms with Crippen molar-refractivity contribution in [2.45, 2.75) is 32.2 Å². The first-order valence-corrected chi connectivity index (χ1v) is 9.90. The summed E-state index contributed by atoms with van der Waals surface area (Å²) in [7, 11) is 1.72. The number of aromatic nitrogens is 4. The number of imidazole rings is 1. The molecule has 3 aromatic heterocycles. The maximum atomic E-state index is 12.8. The second-order valence-corrected chi connectivity index (χ2v) is 8.08. The van der Waals surface area contributed by atoms with Crippen LogP contribution in [0.1, 0.15) is 39.9 Å². The van der Waals surface area contributed by atoms with Crippen LogP contribution >= 0.6 is 11.3 Å². The molecule has 0 radical (unpaired) electrons. The minimum absolute atomic E-state index is 0.0305. The first-order valence-electron chi connectivity index (χ1n) is 9.08. The number of rotatable bonds is 4. The normalized spacial score (nSPS) is 17.6. The summed E-state index contributed by atoms with van der Waals surface area (Å²) in [5.74, 6) is -0.639. The highest BCUT2D eigenvalue weighted by atomic mass is 32.1. The van der Waals surface area contributed by atoms with E-state index < -0.39 is 5.97 Å². The number of carboxylic acid groups (broad SMARTS) is 1. The largest absolute Gasteiger partial charge is 0.477 e. The number of nitrogens with zero attached hydrogens (tertiary/aromatic N) is 4.